The van der Waals surface area contributed by atoms with Crippen molar-refractivity contribution in [2.45, 2.75) is 57.7 Å². The molecule has 2 aliphatic rings. The normalized spacial score (nSPS) is 30.6. The highest BCUT2D eigenvalue weighted by molar-refractivity contribution is 4.90. The van der Waals surface area contributed by atoms with Gasteiger partial charge in [-0.15, -0.1) is 0 Å². The predicted octanol–water partition coefficient (Wildman–Crippen LogP) is 1.22. The number of hydrogen-bond acceptors (Lipinski definition) is 3. The highest BCUT2D eigenvalue weighted by Gasteiger charge is 2.32. The van der Waals surface area contributed by atoms with Gasteiger partial charge in [-0.3, -0.25) is 4.90 Å². The second-order valence-corrected chi connectivity index (χ2v) is 5.90. The number of rotatable bonds is 6. The second-order valence-electron chi connectivity index (χ2n) is 5.90. The van der Waals surface area contributed by atoms with Gasteiger partial charge in [-0.25, -0.2) is 0 Å². The molecule has 0 aromatic carbocycles. The third-order valence-electron chi connectivity index (χ3n) is 3.71. The van der Waals surface area contributed by atoms with Crippen molar-refractivity contribution in [3.05, 3.63) is 0 Å². The lowest BCUT2D eigenvalue weighted by molar-refractivity contribution is 0.183. The highest BCUT2D eigenvalue weighted by atomic mass is 16.3. The lowest BCUT2D eigenvalue weighted by Crippen LogP contribution is -2.39. The molecule has 0 amide bonds. The van der Waals surface area contributed by atoms with Gasteiger partial charge in [-0.1, -0.05) is 13.8 Å². The maximum atomic E-state index is 9.50. The lowest BCUT2D eigenvalue weighted by atomic mass is 10.1. The zero-order chi connectivity index (χ0) is 11.5. The summed E-state index contributed by atoms with van der Waals surface area (Å²) in [5, 5.41) is 12.9. The molecule has 1 saturated heterocycles. The first-order valence-electron chi connectivity index (χ1n) is 6.80. The summed E-state index contributed by atoms with van der Waals surface area (Å²) < 4.78 is 0. The second kappa shape index (κ2) is 5.48. The topological polar surface area (TPSA) is 35.5 Å². The van der Waals surface area contributed by atoms with E-state index in [2.05, 4.69) is 24.1 Å². The largest absolute Gasteiger partial charge is 0.392 e. The summed E-state index contributed by atoms with van der Waals surface area (Å²) in [4.78, 5) is 2.63. The Labute approximate surface area is 99.2 Å². The molecule has 3 heteroatoms. The van der Waals surface area contributed by atoms with Crippen LogP contribution in [0.5, 0.6) is 0 Å². The summed E-state index contributed by atoms with van der Waals surface area (Å²) in [6.45, 7) is 7.74. The van der Waals surface area contributed by atoms with Crippen molar-refractivity contribution >= 4 is 0 Å². The van der Waals surface area contributed by atoms with Crippen LogP contribution < -0.4 is 5.32 Å². The van der Waals surface area contributed by atoms with Crippen LogP contribution in [-0.2, 0) is 0 Å². The monoisotopic (exact) mass is 226 g/mol. The minimum Gasteiger partial charge on any atom is -0.392 e. The predicted molar refractivity (Wildman–Crippen MR) is 66.5 cm³/mol. The molecular formula is C13H26N2O. The zero-order valence-corrected chi connectivity index (χ0v) is 10.7. The van der Waals surface area contributed by atoms with E-state index in [0.717, 1.165) is 31.5 Å². The molecule has 0 spiro atoms. The molecule has 3 nitrogen and oxygen atoms in total. The van der Waals surface area contributed by atoms with Crippen molar-refractivity contribution in [2.75, 3.05) is 19.6 Å². The molecule has 1 aliphatic heterocycles. The van der Waals surface area contributed by atoms with Crippen molar-refractivity contribution in [3.8, 4) is 0 Å². The molecule has 2 N–H and O–H groups in total. The lowest BCUT2D eigenvalue weighted by Gasteiger charge is -2.26. The van der Waals surface area contributed by atoms with E-state index in [4.69, 9.17) is 0 Å². The van der Waals surface area contributed by atoms with Gasteiger partial charge in [0.15, 0.2) is 0 Å². The summed E-state index contributed by atoms with van der Waals surface area (Å²) in [6, 6.07) is 1.36. The molecule has 2 atom stereocenters. The molecule has 16 heavy (non-hydrogen) atoms. The Kier molecular flexibility index (Phi) is 4.22. The van der Waals surface area contributed by atoms with E-state index in [1.54, 1.807) is 0 Å². The molecule has 2 rings (SSSR count). The summed E-state index contributed by atoms with van der Waals surface area (Å²) >= 11 is 0. The highest BCUT2D eigenvalue weighted by Crippen LogP contribution is 2.28. The van der Waals surface area contributed by atoms with Crippen LogP contribution in [0.1, 0.15) is 39.5 Å². The number of aliphatic hydroxyl groups excluding tert-OH is 1. The first-order chi connectivity index (χ1) is 7.65. The van der Waals surface area contributed by atoms with Gasteiger partial charge in [0, 0.05) is 25.2 Å². The molecule has 1 heterocycles. The van der Waals surface area contributed by atoms with Gasteiger partial charge in [0.05, 0.1) is 6.10 Å². The van der Waals surface area contributed by atoms with Gasteiger partial charge in [0.25, 0.3) is 0 Å². The van der Waals surface area contributed by atoms with Gasteiger partial charge in [-0.2, -0.15) is 0 Å². The summed E-state index contributed by atoms with van der Waals surface area (Å²) in [6.07, 6.45) is 4.88. The third kappa shape index (κ3) is 3.72. The number of β-amino-alcohol motifs (C(OH)–C–C–N with tert-alkyl or cyclic N) is 1. The van der Waals surface area contributed by atoms with E-state index in [0.29, 0.717) is 6.04 Å². The van der Waals surface area contributed by atoms with E-state index in [9.17, 15) is 5.11 Å². The first-order valence-corrected chi connectivity index (χ1v) is 6.80. The van der Waals surface area contributed by atoms with Crippen LogP contribution in [0.15, 0.2) is 0 Å². The van der Waals surface area contributed by atoms with Crippen LogP contribution in [0.2, 0.25) is 0 Å². The number of hydrogen-bond donors (Lipinski definition) is 2. The zero-order valence-electron chi connectivity index (χ0n) is 10.7. The number of aliphatic hydroxyl groups is 1. The van der Waals surface area contributed by atoms with Crippen molar-refractivity contribution in [2.24, 2.45) is 5.92 Å². The molecule has 1 aliphatic carbocycles. The Morgan fingerprint density at radius 2 is 2.12 bits per heavy atom. The van der Waals surface area contributed by atoms with Crippen molar-refractivity contribution in [3.63, 3.8) is 0 Å². The molecule has 0 aromatic heterocycles. The van der Waals surface area contributed by atoms with E-state index in [1.807, 2.05) is 0 Å². The van der Waals surface area contributed by atoms with Crippen LogP contribution >= 0.6 is 0 Å². The Hall–Kier alpha value is -0.120. The first kappa shape index (κ1) is 12.3. The Morgan fingerprint density at radius 1 is 1.38 bits per heavy atom. The summed E-state index contributed by atoms with van der Waals surface area (Å²) in [5.74, 6) is 0.795. The average Bonchev–Trinajstić information content (AvgIpc) is 2.98. The van der Waals surface area contributed by atoms with Crippen molar-refractivity contribution < 1.29 is 5.11 Å². The fourth-order valence-corrected chi connectivity index (χ4v) is 2.51. The van der Waals surface area contributed by atoms with Crippen LogP contribution in [-0.4, -0.2) is 47.8 Å². The van der Waals surface area contributed by atoms with Crippen LogP contribution in [0, 0.1) is 5.92 Å². The van der Waals surface area contributed by atoms with E-state index in [-0.39, 0.29) is 6.10 Å². The summed E-state index contributed by atoms with van der Waals surface area (Å²) in [5.41, 5.74) is 0. The number of nitrogens with one attached hydrogen (secondary N) is 1. The number of nitrogens with zero attached hydrogens (tertiary/aromatic N) is 1. The fourth-order valence-electron chi connectivity index (χ4n) is 2.51. The van der Waals surface area contributed by atoms with Crippen LogP contribution in [0.25, 0.3) is 0 Å². The van der Waals surface area contributed by atoms with Crippen LogP contribution in [0.3, 0.4) is 0 Å². The molecule has 1 saturated carbocycles. The maximum Gasteiger partial charge on any atom is 0.0680 e. The van der Waals surface area contributed by atoms with E-state index < -0.39 is 0 Å². The van der Waals surface area contributed by atoms with Crippen molar-refractivity contribution in [1.82, 2.24) is 10.2 Å². The Morgan fingerprint density at radius 3 is 2.62 bits per heavy atom. The molecule has 2 fully saturated rings. The van der Waals surface area contributed by atoms with E-state index in [1.165, 1.54) is 25.8 Å². The molecule has 0 radical (unpaired) electrons. The minimum absolute atomic E-state index is 0.115. The molecular weight excluding hydrogens is 200 g/mol. The molecule has 94 valence electrons. The van der Waals surface area contributed by atoms with Gasteiger partial charge in [0.2, 0.25) is 0 Å². The quantitative estimate of drug-likeness (QED) is 0.715. The van der Waals surface area contributed by atoms with Crippen LogP contribution in [0.4, 0.5) is 0 Å². The SMILES string of the molecule is CC(C)CCN(CC1CC(O)CN1)C1CC1. The summed E-state index contributed by atoms with van der Waals surface area (Å²) in [7, 11) is 0. The van der Waals surface area contributed by atoms with Gasteiger partial charge in [-0.05, 0) is 38.1 Å². The van der Waals surface area contributed by atoms with Crippen molar-refractivity contribution in [1.29, 1.82) is 0 Å². The molecule has 0 aromatic rings. The Balaban J connectivity index is 1.74. The van der Waals surface area contributed by atoms with Gasteiger partial charge >= 0.3 is 0 Å². The minimum atomic E-state index is -0.115. The maximum absolute atomic E-state index is 9.50. The fraction of sp³-hybridized carbons (Fsp3) is 1.00. The smallest absolute Gasteiger partial charge is 0.0680 e. The average molecular weight is 226 g/mol. The molecule has 0 bridgehead atoms. The molecule has 2 unspecified atom stereocenters. The van der Waals surface area contributed by atoms with Gasteiger partial charge < -0.3 is 10.4 Å². The Bertz CT molecular complexity index is 216. The third-order valence-corrected chi connectivity index (χ3v) is 3.71. The van der Waals surface area contributed by atoms with E-state index >= 15 is 0 Å². The standard InChI is InChI=1S/C13H26N2O/c1-10(2)5-6-15(12-3-4-12)9-11-7-13(16)8-14-11/h10-14,16H,3-9H2,1-2H3. The van der Waals surface area contributed by atoms with Gasteiger partial charge in [0.1, 0.15) is 0 Å².